The molecule has 1 aliphatic heterocycles. The quantitative estimate of drug-likeness (QED) is 0.492. The minimum Gasteiger partial charge on any atom is -0.489 e. The lowest BCUT2D eigenvalue weighted by Crippen LogP contribution is -2.45. The Morgan fingerprint density at radius 3 is 2.70 bits per heavy atom. The fourth-order valence-corrected chi connectivity index (χ4v) is 3.88. The van der Waals surface area contributed by atoms with Gasteiger partial charge < -0.3 is 9.84 Å². The van der Waals surface area contributed by atoms with E-state index < -0.39 is 17.2 Å². The van der Waals surface area contributed by atoms with Crippen molar-refractivity contribution in [3.05, 3.63) is 34.6 Å². The summed E-state index contributed by atoms with van der Waals surface area (Å²) in [5, 5.41) is 10.6. The van der Waals surface area contributed by atoms with Crippen LogP contribution in [-0.4, -0.2) is 28.9 Å². The van der Waals surface area contributed by atoms with Gasteiger partial charge in [0.25, 0.3) is 0 Å². The summed E-state index contributed by atoms with van der Waals surface area (Å²) in [4.78, 5) is 24.7. The van der Waals surface area contributed by atoms with Gasteiger partial charge in [0.2, 0.25) is 11.6 Å². The molecule has 0 radical (unpaired) electrons. The molecular formula is C19H24O4. The van der Waals surface area contributed by atoms with E-state index in [9.17, 15) is 14.7 Å². The summed E-state index contributed by atoms with van der Waals surface area (Å²) in [5.74, 6) is -0.498. The molecule has 0 spiro atoms. The van der Waals surface area contributed by atoms with Gasteiger partial charge in [0.05, 0.1) is 0 Å². The van der Waals surface area contributed by atoms with Crippen LogP contribution in [0.25, 0.3) is 0 Å². The molecule has 0 amide bonds. The third-order valence-electron chi connectivity index (χ3n) is 5.26. The molecule has 0 aromatic rings. The summed E-state index contributed by atoms with van der Waals surface area (Å²) in [7, 11) is 0. The van der Waals surface area contributed by atoms with Crippen LogP contribution in [0.3, 0.4) is 0 Å². The zero-order chi connectivity index (χ0) is 16.8. The number of rotatable bonds is 4. The number of unbranched alkanes of at least 4 members (excludes halogenated alkanes) is 2. The molecule has 124 valence electrons. The van der Waals surface area contributed by atoms with E-state index in [-0.39, 0.29) is 12.0 Å². The first-order chi connectivity index (χ1) is 10.8. The lowest BCUT2D eigenvalue weighted by molar-refractivity contribution is -0.132. The van der Waals surface area contributed by atoms with E-state index in [4.69, 9.17) is 4.74 Å². The van der Waals surface area contributed by atoms with Crippen LogP contribution in [0.2, 0.25) is 0 Å². The van der Waals surface area contributed by atoms with Crippen molar-refractivity contribution in [2.24, 2.45) is 5.41 Å². The van der Waals surface area contributed by atoms with Crippen LogP contribution in [0.1, 0.15) is 52.9 Å². The minimum absolute atomic E-state index is 0.107. The third-order valence-corrected chi connectivity index (χ3v) is 5.26. The minimum atomic E-state index is -1.12. The van der Waals surface area contributed by atoms with Crippen molar-refractivity contribution >= 4 is 11.6 Å². The van der Waals surface area contributed by atoms with Gasteiger partial charge in [0, 0.05) is 22.6 Å². The van der Waals surface area contributed by atoms with Crippen molar-refractivity contribution in [3.63, 3.8) is 0 Å². The van der Waals surface area contributed by atoms with Crippen molar-refractivity contribution < 1.29 is 19.4 Å². The Kier molecular flexibility index (Phi) is 3.83. The number of allylic oxidation sites excluding steroid dienone is 4. The molecule has 1 N–H and O–H groups in total. The van der Waals surface area contributed by atoms with Crippen LogP contribution in [-0.2, 0) is 14.3 Å². The van der Waals surface area contributed by atoms with Gasteiger partial charge in [-0.25, -0.2) is 0 Å². The molecule has 0 bridgehead atoms. The van der Waals surface area contributed by atoms with E-state index in [0.717, 1.165) is 31.3 Å². The summed E-state index contributed by atoms with van der Waals surface area (Å²) < 4.78 is 5.61. The first kappa shape index (κ1) is 16.2. The Hall–Kier alpha value is -1.68. The average molecular weight is 316 g/mol. The Morgan fingerprint density at radius 1 is 1.26 bits per heavy atom. The number of aliphatic hydroxyl groups is 1. The number of hydrogen-bond acceptors (Lipinski definition) is 4. The highest BCUT2D eigenvalue weighted by Gasteiger charge is 2.49. The van der Waals surface area contributed by atoms with Gasteiger partial charge in [0.1, 0.15) is 18.0 Å². The van der Waals surface area contributed by atoms with E-state index in [1.54, 1.807) is 6.92 Å². The molecule has 3 aliphatic rings. The van der Waals surface area contributed by atoms with E-state index in [1.165, 1.54) is 6.08 Å². The number of ketones is 2. The second kappa shape index (κ2) is 5.45. The Balaban J connectivity index is 2.10. The monoisotopic (exact) mass is 316 g/mol. The molecule has 23 heavy (non-hydrogen) atoms. The summed E-state index contributed by atoms with van der Waals surface area (Å²) in [6.45, 7) is 6.00. The highest BCUT2D eigenvalue weighted by molar-refractivity contribution is 6.49. The topological polar surface area (TPSA) is 63.6 Å². The molecule has 0 aromatic carbocycles. The van der Waals surface area contributed by atoms with Crippen LogP contribution in [0.5, 0.6) is 0 Å². The SMILES string of the molecule is CCCCCC1(C)CC=C2C3=C1C(=O)C(=O)C=C3OCC2(C)O. The molecule has 4 heteroatoms. The van der Waals surface area contributed by atoms with Crippen LogP contribution < -0.4 is 0 Å². The van der Waals surface area contributed by atoms with E-state index >= 15 is 0 Å². The molecule has 1 fully saturated rings. The number of Topliss-reactive ketones (excluding diaryl/α,β-unsaturated/α-hetero) is 1. The van der Waals surface area contributed by atoms with Gasteiger partial charge in [-0.05, 0) is 25.3 Å². The zero-order valence-corrected chi connectivity index (χ0v) is 14.1. The summed E-state index contributed by atoms with van der Waals surface area (Å²) >= 11 is 0. The van der Waals surface area contributed by atoms with Crippen molar-refractivity contribution in [1.29, 1.82) is 0 Å². The van der Waals surface area contributed by atoms with E-state index in [2.05, 4.69) is 13.8 Å². The molecule has 2 atom stereocenters. The lowest BCUT2D eigenvalue weighted by atomic mass is 9.63. The molecule has 1 saturated heterocycles. The molecule has 2 aliphatic carbocycles. The Bertz CT molecular complexity index is 663. The summed E-state index contributed by atoms with van der Waals surface area (Å²) in [6.07, 6.45) is 8.08. The first-order valence-corrected chi connectivity index (χ1v) is 8.42. The van der Waals surface area contributed by atoms with Crippen LogP contribution in [0, 0.1) is 5.41 Å². The maximum atomic E-state index is 12.6. The molecule has 0 saturated carbocycles. The van der Waals surface area contributed by atoms with Crippen LogP contribution in [0.4, 0.5) is 0 Å². The largest absolute Gasteiger partial charge is 0.489 e. The van der Waals surface area contributed by atoms with Gasteiger partial charge in [-0.3, -0.25) is 9.59 Å². The molecule has 3 rings (SSSR count). The molecule has 2 unspecified atom stereocenters. The Labute approximate surface area is 136 Å². The number of carbonyl (C=O) groups excluding carboxylic acids is 2. The van der Waals surface area contributed by atoms with Crippen molar-refractivity contribution in [2.75, 3.05) is 6.61 Å². The van der Waals surface area contributed by atoms with Gasteiger partial charge in [0.15, 0.2) is 0 Å². The predicted molar refractivity (Wildman–Crippen MR) is 86.6 cm³/mol. The van der Waals surface area contributed by atoms with Gasteiger partial charge in [-0.2, -0.15) is 0 Å². The maximum absolute atomic E-state index is 12.6. The molecular weight excluding hydrogens is 292 g/mol. The fraction of sp³-hybridized carbons (Fsp3) is 0.579. The van der Waals surface area contributed by atoms with E-state index in [0.29, 0.717) is 23.3 Å². The van der Waals surface area contributed by atoms with Gasteiger partial charge in [-0.15, -0.1) is 0 Å². The lowest BCUT2D eigenvalue weighted by Gasteiger charge is -2.44. The fourth-order valence-electron chi connectivity index (χ4n) is 3.88. The molecule has 4 nitrogen and oxygen atoms in total. The Morgan fingerprint density at radius 2 is 2.00 bits per heavy atom. The summed E-state index contributed by atoms with van der Waals surface area (Å²) in [5.41, 5.74) is 0.462. The average Bonchev–Trinajstić information content (AvgIpc) is 2.48. The van der Waals surface area contributed by atoms with E-state index in [1.807, 2.05) is 6.08 Å². The second-order valence-electron chi connectivity index (χ2n) is 7.35. The maximum Gasteiger partial charge on any atom is 0.230 e. The molecule has 0 aromatic heterocycles. The predicted octanol–water partition coefficient (Wildman–Crippen LogP) is 3.02. The van der Waals surface area contributed by atoms with Gasteiger partial charge >= 0.3 is 0 Å². The molecule has 1 heterocycles. The highest BCUT2D eigenvalue weighted by atomic mass is 16.5. The number of carbonyl (C=O) groups is 2. The normalized spacial score (nSPS) is 33.0. The number of hydrogen-bond donors (Lipinski definition) is 1. The second-order valence-corrected chi connectivity index (χ2v) is 7.35. The standard InChI is InChI=1S/C19H24O4/c1-4-5-6-8-18(2)9-7-12-15-14(23-11-19(12,3)22)10-13(20)17(21)16(15)18/h7,10,22H,4-6,8-9,11H2,1-3H3. The van der Waals surface area contributed by atoms with Gasteiger partial charge in [-0.1, -0.05) is 39.2 Å². The zero-order valence-electron chi connectivity index (χ0n) is 14.1. The third kappa shape index (κ3) is 2.49. The number of ether oxygens (including phenoxy) is 1. The van der Waals surface area contributed by atoms with Crippen molar-refractivity contribution in [2.45, 2.75) is 58.5 Å². The summed E-state index contributed by atoms with van der Waals surface area (Å²) in [6, 6.07) is 0. The first-order valence-electron chi connectivity index (χ1n) is 8.42. The smallest absolute Gasteiger partial charge is 0.230 e. The van der Waals surface area contributed by atoms with Crippen molar-refractivity contribution in [3.8, 4) is 0 Å². The van der Waals surface area contributed by atoms with Crippen LogP contribution in [0.15, 0.2) is 34.6 Å². The van der Waals surface area contributed by atoms with Crippen LogP contribution >= 0.6 is 0 Å². The van der Waals surface area contributed by atoms with Crippen molar-refractivity contribution in [1.82, 2.24) is 0 Å². The highest BCUT2D eigenvalue weighted by Crippen LogP contribution is 2.51.